The first-order valence-electron chi connectivity index (χ1n) is 4.11. The molecule has 0 spiro atoms. The molecule has 1 N–H and O–H groups in total. The summed E-state index contributed by atoms with van der Waals surface area (Å²) in [5.74, 6) is -0.778. The van der Waals surface area contributed by atoms with Crippen molar-refractivity contribution in [3.8, 4) is 0 Å². The Labute approximate surface area is 92.2 Å². The van der Waals surface area contributed by atoms with Crippen molar-refractivity contribution in [2.45, 2.75) is 0 Å². The summed E-state index contributed by atoms with van der Waals surface area (Å²) >= 11 is -0.430. The molecule has 3 heteroatoms. The minimum atomic E-state index is -0.778. The number of hydrogen-bond donors (Lipinski definition) is 1. The van der Waals surface area contributed by atoms with Gasteiger partial charge in [0.1, 0.15) is 0 Å². The Bertz CT molecular complexity index is 418. The molecule has 0 atom stereocenters. The van der Waals surface area contributed by atoms with Crippen LogP contribution in [0.2, 0.25) is 0 Å². The monoisotopic (exact) mass is 299 g/mol. The minimum absolute atomic E-state index is 0.430. The summed E-state index contributed by atoms with van der Waals surface area (Å²) in [6, 6.07) is 9.87. The summed E-state index contributed by atoms with van der Waals surface area (Å²) in [4.78, 5) is 10.7. The second-order valence-corrected chi connectivity index (χ2v) is 5.24. The van der Waals surface area contributed by atoms with Crippen molar-refractivity contribution in [1.82, 2.24) is 0 Å². The number of hydrogen-bond acceptors (Lipinski definition) is 1. The van der Waals surface area contributed by atoms with Crippen molar-refractivity contribution >= 4 is 11.5 Å². The summed E-state index contributed by atoms with van der Waals surface area (Å²) in [6.07, 6.45) is 1.78. The zero-order valence-electron chi connectivity index (χ0n) is 7.27. The molecule has 0 unspecified atom stereocenters. The topological polar surface area (TPSA) is 37.3 Å². The quantitative estimate of drug-likeness (QED) is 0.719. The fourth-order valence-corrected chi connectivity index (χ4v) is 3.19. The zero-order valence-corrected chi connectivity index (χ0v) is 9.43. The second kappa shape index (κ2) is 3.96. The molecule has 1 aromatic carbocycles. The Hall–Kier alpha value is -1.10. The van der Waals surface area contributed by atoms with E-state index in [1.165, 1.54) is 0 Å². The van der Waals surface area contributed by atoms with Crippen molar-refractivity contribution < 1.29 is 31.1 Å². The van der Waals surface area contributed by atoms with Gasteiger partial charge in [-0.2, -0.15) is 0 Å². The van der Waals surface area contributed by atoms with Gasteiger partial charge in [-0.25, -0.2) is 0 Å². The van der Waals surface area contributed by atoms with Gasteiger partial charge in [-0.05, 0) is 0 Å². The van der Waals surface area contributed by atoms with E-state index in [9.17, 15) is 4.79 Å². The van der Waals surface area contributed by atoms with Crippen LogP contribution in [0.25, 0.3) is 5.57 Å². The summed E-state index contributed by atoms with van der Waals surface area (Å²) in [7, 11) is 0. The van der Waals surface area contributed by atoms with E-state index in [2.05, 4.69) is 4.08 Å². The average Bonchev–Trinajstić information content (AvgIpc) is 2.68. The summed E-state index contributed by atoms with van der Waals surface area (Å²) < 4.78 is 2.63. The van der Waals surface area contributed by atoms with Gasteiger partial charge in [-0.1, -0.05) is 0 Å². The molecule has 0 radical (unpaired) electrons. The summed E-state index contributed by atoms with van der Waals surface area (Å²) in [5.41, 5.74) is 2.15. The van der Waals surface area contributed by atoms with Gasteiger partial charge in [-0.3, -0.25) is 0 Å². The predicted molar refractivity (Wildman–Crippen MR) is 50.1 cm³/mol. The van der Waals surface area contributed by atoms with Crippen LogP contribution >= 0.6 is 0 Å². The van der Waals surface area contributed by atoms with Gasteiger partial charge < -0.3 is 0 Å². The molecule has 1 aliphatic rings. The Balaban J connectivity index is 2.28. The van der Waals surface area contributed by atoms with E-state index in [4.69, 9.17) is 5.11 Å². The van der Waals surface area contributed by atoms with E-state index in [0.717, 1.165) is 11.1 Å². The third-order valence-corrected chi connectivity index (χ3v) is 4.31. The normalized spacial score (nSPS) is 15.4. The van der Waals surface area contributed by atoms with Gasteiger partial charge in [-0.15, -0.1) is 0 Å². The van der Waals surface area contributed by atoms with Crippen LogP contribution in [0.15, 0.2) is 44.1 Å². The Morgan fingerprint density at radius 2 is 1.93 bits per heavy atom. The van der Waals surface area contributed by atoms with Crippen LogP contribution in [0.4, 0.5) is 0 Å². The Morgan fingerprint density at radius 1 is 1.21 bits per heavy atom. The number of halogens is 1. The Kier molecular flexibility index (Phi) is 2.67. The zero-order chi connectivity index (χ0) is 9.97. The van der Waals surface area contributed by atoms with Crippen molar-refractivity contribution in [1.29, 1.82) is 0 Å². The first kappa shape index (κ1) is 9.45. The number of benzene rings is 1. The summed E-state index contributed by atoms with van der Waals surface area (Å²) in [6.45, 7) is 0. The van der Waals surface area contributed by atoms with Gasteiger partial charge in [0.2, 0.25) is 0 Å². The number of carboxylic acids is 1. The number of carbonyl (C=O) groups is 1. The third kappa shape index (κ3) is 1.87. The van der Waals surface area contributed by atoms with Gasteiger partial charge in [0.15, 0.2) is 0 Å². The molecule has 0 fully saturated rings. The number of carboxylic acid groups (broad SMARTS) is 1. The number of aliphatic carboxylic acids is 1. The van der Waals surface area contributed by atoms with Crippen LogP contribution < -0.4 is 21.2 Å². The SMILES string of the molecule is O=C(O)C1=CC(c2ccccc2)=C[I-]1. The van der Waals surface area contributed by atoms with Crippen molar-refractivity contribution in [3.63, 3.8) is 0 Å². The molecule has 0 saturated carbocycles. The van der Waals surface area contributed by atoms with E-state index >= 15 is 0 Å². The molecule has 72 valence electrons. The van der Waals surface area contributed by atoms with Crippen LogP contribution in [0.3, 0.4) is 0 Å². The summed E-state index contributed by atoms with van der Waals surface area (Å²) in [5, 5.41) is 8.80. The van der Waals surface area contributed by atoms with Crippen molar-refractivity contribution in [2.75, 3.05) is 0 Å². The fourth-order valence-electron chi connectivity index (χ4n) is 1.20. The van der Waals surface area contributed by atoms with E-state index in [-0.39, 0.29) is 0 Å². The van der Waals surface area contributed by atoms with Gasteiger partial charge >= 0.3 is 92.3 Å². The van der Waals surface area contributed by atoms with Crippen LogP contribution in [-0.4, -0.2) is 11.1 Å². The van der Waals surface area contributed by atoms with Crippen molar-refractivity contribution in [3.05, 3.63) is 49.6 Å². The van der Waals surface area contributed by atoms with Crippen LogP contribution in [-0.2, 0) is 4.79 Å². The second-order valence-electron chi connectivity index (χ2n) is 2.84. The maximum absolute atomic E-state index is 10.7. The molecule has 0 aromatic heterocycles. The van der Waals surface area contributed by atoms with E-state index < -0.39 is 27.2 Å². The molecule has 14 heavy (non-hydrogen) atoms. The molecule has 1 aliphatic heterocycles. The molecule has 2 nitrogen and oxygen atoms in total. The van der Waals surface area contributed by atoms with E-state index in [1.54, 1.807) is 6.08 Å². The first-order valence-corrected chi connectivity index (χ1v) is 6.44. The molecule has 2 rings (SSSR count). The standard InChI is InChI=1S/C11H8IO2/c13-11(14)10-6-9(7-12-10)8-4-2-1-3-5-8/h1-7H,(H,13,14)/q-1. The molecular formula is C11H8IO2-. The molecule has 1 aromatic rings. The first-order chi connectivity index (χ1) is 6.77. The fraction of sp³-hybridized carbons (Fsp3) is 0. The molecule has 0 bridgehead atoms. The van der Waals surface area contributed by atoms with Crippen molar-refractivity contribution in [2.24, 2.45) is 0 Å². The van der Waals surface area contributed by atoms with E-state index in [0.29, 0.717) is 3.58 Å². The molecule has 1 heterocycles. The predicted octanol–water partition coefficient (Wildman–Crippen LogP) is -0.901. The molecule has 0 amide bonds. The molecule has 0 saturated heterocycles. The van der Waals surface area contributed by atoms with Gasteiger partial charge in [0.25, 0.3) is 0 Å². The van der Waals surface area contributed by atoms with Gasteiger partial charge in [0.05, 0.1) is 0 Å². The third-order valence-electron chi connectivity index (χ3n) is 1.88. The number of rotatable bonds is 2. The van der Waals surface area contributed by atoms with E-state index in [1.807, 2.05) is 30.3 Å². The Morgan fingerprint density at radius 3 is 2.50 bits per heavy atom. The molecular weight excluding hydrogens is 291 g/mol. The number of allylic oxidation sites excluding steroid dienone is 2. The van der Waals surface area contributed by atoms with Crippen LogP contribution in [0.1, 0.15) is 5.56 Å². The maximum atomic E-state index is 10.7. The van der Waals surface area contributed by atoms with Crippen LogP contribution in [0, 0.1) is 0 Å². The van der Waals surface area contributed by atoms with Gasteiger partial charge in [0, 0.05) is 0 Å². The molecule has 0 aliphatic carbocycles. The van der Waals surface area contributed by atoms with Crippen LogP contribution in [0.5, 0.6) is 0 Å². The average molecular weight is 299 g/mol.